The molecule has 2 N–H and O–H groups in total. The number of ether oxygens (including phenoxy) is 2. The molecule has 0 radical (unpaired) electrons. The highest BCUT2D eigenvalue weighted by Gasteiger charge is 2.21. The van der Waals surface area contributed by atoms with E-state index in [1.54, 1.807) is 0 Å². The van der Waals surface area contributed by atoms with Crippen LogP contribution in [0.25, 0.3) is 0 Å². The molecule has 0 bridgehead atoms. The van der Waals surface area contributed by atoms with Crippen LogP contribution in [0, 0.1) is 11.8 Å². The Labute approximate surface area is 129 Å². The molecule has 0 aromatic heterocycles. The van der Waals surface area contributed by atoms with Gasteiger partial charge in [0.05, 0.1) is 13.2 Å². The fraction of sp³-hybridized carbons (Fsp3) is 0.500. The molecule has 1 aromatic rings. The second-order valence-electron chi connectivity index (χ2n) is 5.86. The molecule has 1 aromatic carbocycles. The highest BCUT2D eigenvalue weighted by Crippen LogP contribution is 2.30. The van der Waals surface area contributed by atoms with Crippen LogP contribution in [0.3, 0.4) is 0 Å². The summed E-state index contributed by atoms with van der Waals surface area (Å²) in [5.41, 5.74) is -0.370. The molecule has 0 amide bonds. The zero-order chi connectivity index (χ0) is 16.9. The number of carboxylic acids is 2. The van der Waals surface area contributed by atoms with Crippen LogP contribution in [0.5, 0.6) is 11.5 Å². The molecule has 0 saturated heterocycles. The van der Waals surface area contributed by atoms with Crippen molar-refractivity contribution in [1.82, 2.24) is 0 Å². The van der Waals surface area contributed by atoms with Crippen LogP contribution in [0.2, 0.25) is 0 Å². The summed E-state index contributed by atoms with van der Waals surface area (Å²) in [6.07, 6.45) is 0. The maximum absolute atomic E-state index is 11.3. The van der Waals surface area contributed by atoms with E-state index in [1.165, 1.54) is 6.07 Å². The van der Waals surface area contributed by atoms with E-state index in [4.69, 9.17) is 9.47 Å². The summed E-state index contributed by atoms with van der Waals surface area (Å²) >= 11 is 0. The molecule has 0 aliphatic heterocycles. The predicted molar refractivity (Wildman–Crippen MR) is 81.0 cm³/mol. The summed E-state index contributed by atoms with van der Waals surface area (Å²) in [4.78, 5) is 22.6. The lowest BCUT2D eigenvalue weighted by atomic mass is 10.1. The van der Waals surface area contributed by atoms with Gasteiger partial charge in [0.1, 0.15) is 22.6 Å². The quantitative estimate of drug-likeness (QED) is 0.766. The number of carbonyl (C=O) groups is 2. The van der Waals surface area contributed by atoms with Crippen LogP contribution in [0.4, 0.5) is 0 Å². The van der Waals surface area contributed by atoms with Gasteiger partial charge in [-0.3, -0.25) is 0 Å². The summed E-state index contributed by atoms with van der Waals surface area (Å²) in [7, 11) is 0. The fourth-order valence-corrected chi connectivity index (χ4v) is 1.65. The van der Waals surface area contributed by atoms with Crippen molar-refractivity contribution in [2.24, 2.45) is 11.8 Å². The van der Waals surface area contributed by atoms with Crippen molar-refractivity contribution in [3.05, 3.63) is 23.3 Å². The van der Waals surface area contributed by atoms with Gasteiger partial charge in [-0.15, -0.1) is 0 Å². The van der Waals surface area contributed by atoms with E-state index < -0.39 is 11.9 Å². The van der Waals surface area contributed by atoms with E-state index in [0.717, 1.165) is 6.07 Å². The zero-order valence-electron chi connectivity index (χ0n) is 13.3. The molecule has 22 heavy (non-hydrogen) atoms. The van der Waals surface area contributed by atoms with Gasteiger partial charge in [0.25, 0.3) is 0 Å². The van der Waals surface area contributed by atoms with Gasteiger partial charge in [-0.05, 0) is 17.9 Å². The van der Waals surface area contributed by atoms with Crippen LogP contribution >= 0.6 is 0 Å². The van der Waals surface area contributed by atoms with Gasteiger partial charge in [-0.2, -0.15) is 0 Å². The third-order valence-corrected chi connectivity index (χ3v) is 2.69. The first-order chi connectivity index (χ1) is 10.2. The van der Waals surface area contributed by atoms with Crippen molar-refractivity contribution in [3.8, 4) is 11.5 Å². The molecule has 0 unspecified atom stereocenters. The van der Waals surface area contributed by atoms with Crippen LogP contribution in [0.15, 0.2) is 12.1 Å². The minimum absolute atomic E-state index is 0.116. The average Bonchev–Trinajstić information content (AvgIpc) is 2.41. The molecule has 0 spiro atoms. The fourth-order valence-electron chi connectivity index (χ4n) is 1.65. The predicted octanol–water partition coefficient (Wildman–Crippen LogP) is 3.15. The van der Waals surface area contributed by atoms with E-state index in [9.17, 15) is 19.8 Å². The summed E-state index contributed by atoms with van der Waals surface area (Å²) < 4.78 is 11.0. The Balaban J connectivity index is 3.25. The monoisotopic (exact) mass is 310 g/mol. The molecular formula is C16H22O6. The first kappa shape index (κ1) is 17.8. The Kier molecular flexibility index (Phi) is 6.22. The molecule has 6 nitrogen and oxygen atoms in total. The van der Waals surface area contributed by atoms with Gasteiger partial charge in [-0.25, -0.2) is 9.59 Å². The molecule has 0 saturated carbocycles. The van der Waals surface area contributed by atoms with Crippen molar-refractivity contribution in [3.63, 3.8) is 0 Å². The molecular weight excluding hydrogens is 288 g/mol. The number of hydrogen-bond acceptors (Lipinski definition) is 4. The van der Waals surface area contributed by atoms with Crippen LogP contribution < -0.4 is 9.47 Å². The second-order valence-corrected chi connectivity index (χ2v) is 5.86. The average molecular weight is 310 g/mol. The summed E-state index contributed by atoms with van der Waals surface area (Å²) in [6, 6.07) is 2.42. The van der Waals surface area contributed by atoms with E-state index in [0.29, 0.717) is 13.2 Å². The number of benzene rings is 1. The zero-order valence-corrected chi connectivity index (χ0v) is 13.3. The number of rotatable bonds is 8. The Hall–Kier alpha value is -2.24. The van der Waals surface area contributed by atoms with Crippen molar-refractivity contribution in [2.45, 2.75) is 27.7 Å². The smallest absolute Gasteiger partial charge is 0.339 e. The number of aromatic carboxylic acids is 2. The Morgan fingerprint density at radius 1 is 0.864 bits per heavy atom. The third-order valence-electron chi connectivity index (χ3n) is 2.69. The van der Waals surface area contributed by atoms with E-state index in [2.05, 4.69) is 0 Å². The highest BCUT2D eigenvalue weighted by atomic mass is 16.5. The summed E-state index contributed by atoms with van der Waals surface area (Å²) in [6.45, 7) is 8.39. The molecule has 0 heterocycles. The Morgan fingerprint density at radius 3 is 1.50 bits per heavy atom. The molecule has 6 heteroatoms. The van der Waals surface area contributed by atoms with Crippen LogP contribution in [0.1, 0.15) is 48.4 Å². The minimum atomic E-state index is -1.24. The molecule has 0 fully saturated rings. The van der Waals surface area contributed by atoms with Crippen molar-refractivity contribution in [1.29, 1.82) is 0 Å². The van der Waals surface area contributed by atoms with E-state index in [-0.39, 0.29) is 34.5 Å². The lowest BCUT2D eigenvalue weighted by Gasteiger charge is -2.16. The van der Waals surface area contributed by atoms with Gasteiger partial charge < -0.3 is 19.7 Å². The number of carboxylic acid groups (broad SMARTS) is 2. The lowest BCUT2D eigenvalue weighted by Crippen LogP contribution is -2.13. The summed E-state index contributed by atoms with van der Waals surface area (Å²) in [5, 5.41) is 18.5. The van der Waals surface area contributed by atoms with Gasteiger partial charge in [0.15, 0.2) is 0 Å². The normalized spacial score (nSPS) is 10.8. The number of hydrogen-bond donors (Lipinski definition) is 2. The molecule has 1 rings (SSSR count). The maximum Gasteiger partial charge on any atom is 0.339 e. The van der Waals surface area contributed by atoms with Gasteiger partial charge in [-0.1, -0.05) is 27.7 Å². The van der Waals surface area contributed by atoms with Gasteiger partial charge in [0, 0.05) is 6.07 Å². The van der Waals surface area contributed by atoms with Crippen LogP contribution in [-0.4, -0.2) is 35.4 Å². The van der Waals surface area contributed by atoms with Crippen molar-refractivity contribution >= 4 is 11.9 Å². The SMILES string of the molecule is CC(C)COc1cc(OCC(C)C)c(C(=O)O)cc1C(=O)O. The first-order valence-electron chi connectivity index (χ1n) is 7.12. The standard InChI is InChI=1S/C16H22O6/c1-9(2)7-21-13-6-14(22-8-10(3)4)12(16(19)20)5-11(13)15(17)18/h5-6,9-10H,7-8H2,1-4H3,(H,17,18)(H,19,20). The lowest BCUT2D eigenvalue weighted by molar-refractivity contribution is 0.0691. The van der Waals surface area contributed by atoms with Crippen molar-refractivity contribution in [2.75, 3.05) is 13.2 Å². The van der Waals surface area contributed by atoms with E-state index >= 15 is 0 Å². The molecule has 122 valence electrons. The Morgan fingerprint density at radius 2 is 1.23 bits per heavy atom. The largest absolute Gasteiger partial charge is 0.492 e. The second kappa shape index (κ2) is 7.68. The minimum Gasteiger partial charge on any atom is -0.492 e. The van der Waals surface area contributed by atoms with Crippen molar-refractivity contribution < 1.29 is 29.3 Å². The van der Waals surface area contributed by atoms with Gasteiger partial charge in [0.2, 0.25) is 0 Å². The molecule has 0 aliphatic rings. The molecule has 0 atom stereocenters. The topological polar surface area (TPSA) is 93.1 Å². The summed E-state index contributed by atoms with van der Waals surface area (Å²) in [5.74, 6) is -1.83. The van der Waals surface area contributed by atoms with Crippen LogP contribution in [-0.2, 0) is 0 Å². The third kappa shape index (κ3) is 4.95. The first-order valence-corrected chi connectivity index (χ1v) is 7.12. The Bertz CT molecular complexity index is 503. The van der Waals surface area contributed by atoms with Gasteiger partial charge >= 0.3 is 11.9 Å². The highest BCUT2D eigenvalue weighted by molar-refractivity contribution is 5.98. The maximum atomic E-state index is 11.3. The molecule has 0 aliphatic carbocycles. The van der Waals surface area contributed by atoms with E-state index in [1.807, 2.05) is 27.7 Å².